The summed E-state index contributed by atoms with van der Waals surface area (Å²) in [6.07, 6.45) is 0. The van der Waals surface area contributed by atoms with Crippen LogP contribution in [0.3, 0.4) is 0 Å². The van der Waals surface area contributed by atoms with Gasteiger partial charge in [0.15, 0.2) is 0 Å². The number of nitrogen functional groups attached to an aromatic ring is 1. The summed E-state index contributed by atoms with van der Waals surface area (Å²) in [6.45, 7) is 2.34. The molecule has 5 nitrogen and oxygen atoms in total. The Kier molecular flexibility index (Phi) is 3.99. The Balaban J connectivity index is 2.14. The van der Waals surface area contributed by atoms with Crippen molar-refractivity contribution in [2.45, 2.75) is 13.5 Å². The van der Waals surface area contributed by atoms with Crippen LogP contribution in [0.5, 0.6) is 11.5 Å². The molecule has 1 aromatic carbocycles. The van der Waals surface area contributed by atoms with Crippen LogP contribution in [0.2, 0.25) is 0 Å². The predicted octanol–water partition coefficient (Wildman–Crippen LogP) is 2.66. The van der Waals surface area contributed by atoms with Crippen molar-refractivity contribution in [3.63, 3.8) is 0 Å². The summed E-state index contributed by atoms with van der Waals surface area (Å²) in [5.41, 5.74) is 8.35. The van der Waals surface area contributed by atoms with Gasteiger partial charge < -0.3 is 15.2 Å². The van der Waals surface area contributed by atoms with Gasteiger partial charge in [0, 0.05) is 13.1 Å². The number of aryl methyl sites for hydroxylation is 2. The van der Waals surface area contributed by atoms with E-state index in [9.17, 15) is 0 Å². The van der Waals surface area contributed by atoms with Crippen LogP contribution < -0.4 is 15.2 Å². The third kappa shape index (κ3) is 2.84. The highest BCUT2D eigenvalue weighted by Crippen LogP contribution is 2.28. The van der Waals surface area contributed by atoms with Gasteiger partial charge in [-0.3, -0.25) is 4.68 Å². The Morgan fingerprint density at radius 1 is 1.42 bits per heavy atom. The van der Waals surface area contributed by atoms with Crippen molar-refractivity contribution in [3.05, 3.63) is 34.1 Å². The molecular formula is C13H16BrN3O2. The maximum Gasteiger partial charge on any atom is 0.143 e. The molecule has 1 heterocycles. The molecule has 0 amide bonds. The zero-order valence-electron chi connectivity index (χ0n) is 11.1. The number of nitrogens with two attached hydrogens (primary N) is 1. The van der Waals surface area contributed by atoms with Crippen LogP contribution in [-0.4, -0.2) is 16.9 Å². The summed E-state index contributed by atoms with van der Waals surface area (Å²) in [4.78, 5) is 0. The molecule has 0 bridgehead atoms. The molecular weight excluding hydrogens is 310 g/mol. The van der Waals surface area contributed by atoms with Gasteiger partial charge in [0.25, 0.3) is 0 Å². The topological polar surface area (TPSA) is 62.3 Å². The summed E-state index contributed by atoms with van der Waals surface area (Å²) in [7, 11) is 3.48. The molecule has 19 heavy (non-hydrogen) atoms. The van der Waals surface area contributed by atoms with Crippen molar-refractivity contribution in [1.82, 2.24) is 9.78 Å². The van der Waals surface area contributed by atoms with E-state index < -0.39 is 0 Å². The molecule has 0 aliphatic heterocycles. The van der Waals surface area contributed by atoms with E-state index in [2.05, 4.69) is 21.0 Å². The molecule has 0 radical (unpaired) electrons. The summed E-state index contributed by atoms with van der Waals surface area (Å²) < 4.78 is 13.6. The molecule has 0 saturated carbocycles. The molecule has 0 atom stereocenters. The lowest BCUT2D eigenvalue weighted by Gasteiger charge is -2.10. The van der Waals surface area contributed by atoms with Crippen molar-refractivity contribution >= 4 is 21.6 Å². The Bertz CT molecular complexity index is 596. The zero-order valence-corrected chi connectivity index (χ0v) is 12.7. The average molecular weight is 326 g/mol. The lowest BCUT2D eigenvalue weighted by atomic mass is 10.3. The van der Waals surface area contributed by atoms with Crippen LogP contribution in [0, 0.1) is 6.92 Å². The Labute approximate surface area is 120 Å². The molecule has 0 spiro atoms. The third-order valence-electron chi connectivity index (χ3n) is 2.84. The fourth-order valence-electron chi connectivity index (χ4n) is 1.77. The van der Waals surface area contributed by atoms with E-state index in [1.54, 1.807) is 23.9 Å². The number of ether oxygens (including phenoxy) is 2. The van der Waals surface area contributed by atoms with E-state index in [-0.39, 0.29) is 0 Å². The highest BCUT2D eigenvalue weighted by molar-refractivity contribution is 9.10. The van der Waals surface area contributed by atoms with Gasteiger partial charge in [0.1, 0.15) is 18.1 Å². The van der Waals surface area contributed by atoms with Gasteiger partial charge in [-0.2, -0.15) is 5.10 Å². The van der Waals surface area contributed by atoms with E-state index in [4.69, 9.17) is 15.2 Å². The van der Waals surface area contributed by atoms with E-state index in [0.29, 0.717) is 23.8 Å². The number of benzene rings is 1. The maximum absolute atomic E-state index is 5.90. The molecule has 0 unspecified atom stereocenters. The zero-order chi connectivity index (χ0) is 14.0. The third-order valence-corrected chi connectivity index (χ3v) is 3.87. The fraction of sp³-hybridized carbons (Fsp3) is 0.308. The maximum atomic E-state index is 5.90. The number of aromatic nitrogens is 2. The minimum atomic E-state index is 0.397. The van der Waals surface area contributed by atoms with Crippen molar-refractivity contribution in [1.29, 1.82) is 0 Å². The molecule has 2 rings (SSSR count). The van der Waals surface area contributed by atoms with Crippen LogP contribution in [0.1, 0.15) is 11.4 Å². The summed E-state index contributed by atoms with van der Waals surface area (Å²) >= 11 is 3.50. The standard InChI is InChI=1S/C13H16BrN3O2/c1-8-13(14)11(17(2)16-8)7-19-12-5-4-9(18-3)6-10(12)15/h4-6H,7,15H2,1-3H3. The quantitative estimate of drug-likeness (QED) is 0.878. The number of rotatable bonds is 4. The summed E-state index contributed by atoms with van der Waals surface area (Å²) in [5.74, 6) is 1.34. The van der Waals surface area contributed by atoms with E-state index in [1.165, 1.54) is 0 Å². The minimum Gasteiger partial charge on any atom is -0.497 e. The number of halogens is 1. The van der Waals surface area contributed by atoms with Crippen molar-refractivity contribution in [2.24, 2.45) is 7.05 Å². The average Bonchev–Trinajstić information content (AvgIpc) is 2.62. The first kappa shape index (κ1) is 13.7. The summed E-state index contributed by atoms with van der Waals surface area (Å²) in [5, 5.41) is 4.31. The Morgan fingerprint density at radius 2 is 2.16 bits per heavy atom. The van der Waals surface area contributed by atoms with Crippen LogP contribution in [0.4, 0.5) is 5.69 Å². The molecule has 0 fully saturated rings. The van der Waals surface area contributed by atoms with E-state index in [0.717, 1.165) is 15.9 Å². The monoisotopic (exact) mass is 325 g/mol. The lowest BCUT2D eigenvalue weighted by molar-refractivity contribution is 0.295. The van der Waals surface area contributed by atoms with Crippen molar-refractivity contribution in [2.75, 3.05) is 12.8 Å². The molecule has 2 aromatic rings. The minimum absolute atomic E-state index is 0.397. The number of hydrogen-bond donors (Lipinski definition) is 1. The number of hydrogen-bond acceptors (Lipinski definition) is 4. The normalized spacial score (nSPS) is 10.5. The first-order valence-electron chi connectivity index (χ1n) is 5.77. The second kappa shape index (κ2) is 5.52. The van der Waals surface area contributed by atoms with Gasteiger partial charge in [-0.05, 0) is 35.0 Å². The van der Waals surface area contributed by atoms with Crippen molar-refractivity contribution < 1.29 is 9.47 Å². The lowest BCUT2D eigenvalue weighted by Crippen LogP contribution is -2.05. The molecule has 0 aliphatic carbocycles. The highest BCUT2D eigenvalue weighted by Gasteiger charge is 2.12. The molecule has 0 aliphatic rings. The smallest absolute Gasteiger partial charge is 0.143 e. The van der Waals surface area contributed by atoms with E-state index in [1.807, 2.05) is 20.0 Å². The Hall–Kier alpha value is -1.69. The number of anilines is 1. The summed E-state index contributed by atoms with van der Waals surface area (Å²) in [6, 6.07) is 5.35. The second-order valence-electron chi connectivity index (χ2n) is 4.16. The van der Waals surface area contributed by atoms with Crippen LogP contribution in [0.15, 0.2) is 22.7 Å². The number of methoxy groups -OCH3 is 1. The largest absolute Gasteiger partial charge is 0.497 e. The first-order chi connectivity index (χ1) is 9.02. The molecule has 2 N–H and O–H groups in total. The SMILES string of the molecule is COc1ccc(OCc2c(Br)c(C)nn2C)c(N)c1. The van der Waals surface area contributed by atoms with Gasteiger partial charge in [-0.25, -0.2) is 0 Å². The molecule has 0 saturated heterocycles. The van der Waals surface area contributed by atoms with Gasteiger partial charge >= 0.3 is 0 Å². The molecule has 6 heteroatoms. The number of nitrogens with zero attached hydrogens (tertiary/aromatic N) is 2. The van der Waals surface area contributed by atoms with Crippen LogP contribution in [0.25, 0.3) is 0 Å². The fourth-order valence-corrected chi connectivity index (χ4v) is 2.22. The Morgan fingerprint density at radius 3 is 2.68 bits per heavy atom. The first-order valence-corrected chi connectivity index (χ1v) is 6.56. The van der Waals surface area contributed by atoms with Crippen LogP contribution >= 0.6 is 15.9 Å². The second-order valence-corrected chi connectivity index (χ2v) is 4.96. The van der Waals surface area contributed by atoms with Gasteiger partial charge in [-0.15, -0.1) is 0 Å². The van der Waals surface area contributed by atoms with Gasteiger partial charge in [-0.1, -0.05) is 0 Å². The highest BCUT2D eigenvalue weighted by atomic mass is 79.9. The predicted molar refractivity (Wildman–Crippen MR) is 77.4 cm³/mol. The van der Waals surface area contributed by atoms with E-state index >= 15 is 0 Å². The van der Waals surface area contributed by atoms with Gasteiger partial charge in [0.05, 0.1) is 28.7 Å². The molecule has 102 valence electrons. The van der Waals surface area contributed by atoms with Crippen LogP contribution in [-0.2, 0) is 13.7 Å². The van der Waals surface area contributed by atoms with Crippen molar-refractivity contribution in [3.8, 4) is 11.5 Å². The molecule has 1 aromatic heterocycles. The van der Waals surface area contributed by atoms with Gasteiger partial charge in [0.2, 0.25) is 0 Å².